The highest BCUT2D eigenvalue weighted by Crippen LogP contribution is 2.36. The minimum absolute atomic E-state index is 0.126. The van der Waals surface area contributed by atoms with Crippen LogP contribution in [-0.2, 0) is 10.0 Å². The summed E-state index contributed by atoms with van der Waals surface area (Å²) in [7, 11) is -2.10. The predicted octanol–water partition coefficient (Wildman–Crippen LogP) is 1.74. The van der Waals surface area contributed by atoms with Crippen molar-refractivity contribution >= 4 is 26.9 Å². The molecular weight excluding hydrogens is 422 g/mol. The third-order valence-electron chi connectivity index (χ3n) is 5.89. The molecule has 0 radical (unpaired) electrons. The Kier molecular flexibility index (Phi) is 4.94. The standard InChI is InChI=1S/C20H23N5O5S/c1-29-19-11-18(21-12-22-19)25(13-2-3-13)14-6-8-24(9-7-14)31(27,28)15-4-5-16-17(10-15)30-20(26)23-16/h4-5,10-14H,2-3,6-9H2,1H3,(H,23,26). The summed E-state index contributed by atoms with van der Waals surface area (Å²) in [5, 5.41) is 0. The summed E-state index contributed by atoms with van der Waals surface area (Å²) in [5.41, 5.74) is 0.710. The minimum Gasteiger partial charge on any atom is -0.481 e. The summed E-state index contributed by atoms with van der Waals surface area (Å²) < 4.78 is 38.1. The SMILES string of the molecule is COc1cc(N(C2CC2)C2CCN(S(=O)(=O)c3ccc4[nH]c(=O)oc4c3)CC2)ncn1. The molecule has 1 N–H and O–H groups in total. The molecule has 5 rings (SSSR count). The molecule has 164 valence electrons. The van der Waals surface area contributed by atoms with Crippen molar-refractivity contribution in [1.29, 1.82) is 0 Å². The zero-order valence-corrected chi connectivity index (χ0v) is 17.8. The number of anilines is 1. The molecule has 3 aromatic rings. The first kappa shape index (κ1) is 20.0. The average molecular weight is 446 g/mol. The number of rotatable bonds is 6. The molecule has 0 unspecified atom stereocenters. The van der Waals surface area contributed by atoms with E-state index in [1.807, 2.05) is 6.07 Å². The molecule has 10 nitrogen and oxygen atoms in total. The second kappa shape index (κ2) is 7.65. The fourth-order valence-corrected chi connectivity index (χ4v) is 5.69. The van der Waals surface area contributed by atoms with Crippen molar-refractivity contribution in [3.63, 3.8) is 0 Å². The Hall–Kier alpha value is -2.92. The highest BCUT2D eigenvalue weighted by molar-refractivity contribution is 7.89. The number of aromatic amines is 1. The summed E-state index contributed by atoms with van der Waals surface area (Å²) in [4.78, 5) is 24.8. The van der Waals surface area contributed by atoms with Crippen LogP contribution in [0, 0.1) is 0 Å². The van der Waals surface area contributed by atoms with Crippen molar-refractivity contribution in [3.05, 3.63) is 41.1 Å². The molecule has 2 fully saturated rings. The summed E-state index contributed by atoms with van der Waals surface area (Å²) in [6.45, 7) is 0.821. The molecule has 11 heteroatoms. The minimum atomic E-state index is -3.68. The van der Waals surface area contributed by atoms with Crippen LogP contribution in [-0.4, -0.2) is 60.0 Å². The van der Waals surface area contributed by atoms with Gasteiger partial charge in [0.05, 0.1) is 17.5 Å². The number of H-pyrrole nitrogens is 1. The lowest BCUT2D eigenvalue weighted by molar-refractivity contribution is 0.308. The third-order valence-corrected chi connectivity index (χ3v) is 7.78. The van der Waals surface area contributed by atoms with Gasteiger partial charge in [-0.25, -0.2) is 23.2 Å². The molecular formula is C20H23N5O5S. The van der Waals surface area contributed by atoms with E-state index < -0.39 is 15.8 Å². The Balaban J connectivity index is 1.34. The Morgan fingerprint density at radius 1 is 1.13 bits per heavy atom. The number of oxazole rings is 1. The van der Waals surface area contributed by atoms with Crippen molar-refractivity contribution < 1.29 is 17.6 Å². The molecule has 1 aromatic carbocycles. The zero-order valence-electron chi connectivity index (χ0n) is 17.0. The van der Waals surface area contributed by atoms with E-state index in [0.29, 0.717) is 43.4 Å². The first-order valence-corrected chi connectivity index (χ1v) is 11.7. The fourth-order valence-electron chi connectivity index (χ4n) is 4.20. The maximum atomic E-state index is 13.2. The van der Waals surface area contributed by atoms with E-state index in [4.69, 9.17) is 9.15 Å². The summed E-state index contributed by atoms with van der Waals surface area (Å²) in [5.74, 6) is 0.734. The van der Waals surface area contributed by atoms with Crippen LogP contribution >= 0.6 is 0 Å². The number of hydrogen-bond acceptors (Lipinski definition) is 8. The van der Waals surface area contributed by atoms with Gasteiger partial charge >= 0.3 is 5.76 Å². The van der Waals surface area contributed by atoms with Gasteiger partial charge in [0.15, 0.2) is 5.58 Å². The number of nitrogens with zero attached hydrogens (tertiary/aromatic N) is 4. The summed E-state index contributed by atoms with van der Waals surface area (Å²) in [6.07, 6.45) is 5.10. The normalized spacial score (nSPS) is 18.4. The summed E-state index contributed by atoms with van der Waals surface area (Å²) in [6, 6.07) is 6.91. The number of nitrogens with one attached hydrogen (secondary N) is 1. The maximum Gasteiger partial charge on any atom is 0.417 e. The van der Waals surface area contributed by atoms with Crippen molar-refractivity contribution in [3.8, 4) is 5.88 Å². The Morgan fingerprint density at radius 2 is 1.87 bits per heavy atom. The van der Waals surface area contributed by atoms with Crippen LogP contribution in [0.4, 0.5) is 5.82 Å². The first-order valence-electron chi connectivity index (χ1n) is 10.2. The number of ether oxygens (including phenoxy) is 1. The van der Waals surface area contributed by atoms with Crippen LogP contribution in [0.15, 0.2) is 44.7 Å². The van der Waals surface area contributed by atoms with Crippen molar-refractivity contribution in [1.82, 2.24) is 19.3 Å². The number of benzene rings is 1. The van der Waals surface area contributed by atoms with Gasteiger partial charge in [0.2, 0.25) is 15.9 Å². The van der Waals surface area contributed by atoms with Gasteiger partial charge in [0.1, 0.15) is 12.1 Å². The second-order valence-corrected chi connectivity index (χ2v) is 9.80. The quantitative estimate of drug-likeness (QED) is 0.609. The molecule has 31 heavy (non-hydrogen) atoms. The van der Waals surface area contributed by atoms with E-state index in [2.05, 4.69) is 19.9 Å². The molecule has 1 aliphatic heterocycles. The average Bonchev–Trinajstić information content (AvgIpc) is 3.53. The van der Waals surface area contributed by atoms with Gasteiger partial charge in [-0.15, -0.1) is 0 Å². The fraction of sp³-hybridized carbons (Fsp3) is 0.450. The van der Waals surface area contributed by atoms with Crippen LogP contribution in [0.1, 0.15) is 25.7 Å². The van der Waals surface area contributed by atoms with Crippen LogP contribution in [0.2, 0.25) is 0 Å². The lowest BCUT2D eigenvalue weighted by Crippen LogP contribution is -2.48. The van der Waals surface area contributed by atoms with Crippen molar-refractivity contribution in [2.45, 2.75) is 42.7 Å². The van der Waals surface area contributed by atoms with Crippen LogP contribution in [0.5, 0.6) is 5.88 Å². The number of methoxy groups -OCH3 is 1. The Morgan fingerprint density at radius 3 is 2.58 bits per heavy atom. The maximum absolute atomic E-state index is 13.2. The number of aromatic nitrogens is 3. The van der Waals surface area contributed by atoms with Gasteiger partial charge in [-0.1, -0.05) is 0 Å². The highest BCUT2D eigenvalue weighted by atomic mass is 32.2. The van der Waals surface area contributed by atoms with Gasteiger partial charge in [-0.3, -0.25) is 4.98 Å². The molecule has 0 bridgehead atoms. The first-order chi connectivity index (χ1) is 15.0. The number of hydrogen-bond donors (Lipinski definition) is 1. The largest absolute Gasteiger partial charge is 0.481 e. The van der Waals surface area contributed by atoms with Crippen LogP contribution in [0.25, 0.3) is 11.1 Å². The highest BCUT2D eigenvalue weighted by Gasteiger charge is 2.38. The van der Waals surface area contributed by atoms with Crippen molar-refractivity contribution in [2.24, 2.45) is 0 Å². The predicted molar refractivity (Wildman–Crippen MR) is 113 cm³/mol. The van der Waals surface area contributed by atoms with E-state index in [1.165, 1.54) is 22.8 Å². The van der Waals surface area contributed by atoms with Crippen LogP contribution < -0.4 is 15.4 Å². The number of piperidine rings is 1. The number of fused-ring (bicyclic) bond motifs is 1. The lowest BCUT2D eigenvalue weighted by Gasteiger charge is -2.39. The molecule has 2 aromatic heterocycles. The van der Waals surface area contributed by atoms with Crippen LogP contribution in [0.3, 0.4) is 0 Å². The van der Waals surface area contributed by atoms with E-state index in [1.54, 1.807) is 13.2 Å². The van der Waals surface area contributed by atoms with E-state index in [9.17, 15) is 13.2 Å². The van der Waals surface area contributed by atoms with Crippen molar-refractivity contribution in [2.75, 3.05) is 25.1 Å². The smallest absolute Gasteiger partial charge is 0.417 e. The van der Waals surface area contributed by atoms with E-state index in [-0.39, 0.29) is 16.5 Å². The zero-order chi connectivity index (χ0) is 21.6. The molecule has 0 spiro atoms. The lowest BCUT2D eigenvalue weighted by atomic mass is 10.0. The topological polar surface area (TPSA) is 122 Å². The molecule has 3 heterocycles. The summed E-state index contributed by atoms with van der Waals surface area (Å²) >= 11 is 0. The molecule has 1 saturated carbocycles. The van der Waals surface area contributed by atoms with Gasteiger partial charge in [0, 0.05) is 37.3 Å². The molecule has 2 aliphatic rings. The monoisotopic (exact) mass is 445 g/mol. The van der Waals surface area contributed by atoms with Gasteiger partial charge < -0.3 is 14.1 Å². The second-order valence-electron chi connectivity index (χ2n) is 7.86. The van der Waals surface area contributed by atoms with Gasteiger partial charge in [-0.2, -0.15) is 4.31 Å². The number of sulfonamides is 1. The third kappa shape index (κ3) is 3.79. The van der Waals surface area contributed by atoms with Gasteiger partial charge in [0.25, 0.3) is 0 Å². The Bertz CT molecular complexity index is 1260. The molecule has 1 aliphatic carbocycles. The van der Waals surface area contributed by atoms with Gasteiger partial charge in [-0.05, 0) is 37.8 Å². The Labute approximate surface area is 178 Å². The molecule has 0 amide bonds. The molecule has 0 atom stereocenters. The van der Waals surface area contributed by atoms with E-state index in [0.717, 1.165) is 18.7 Å². The molecule has 1 saturated heterocycles. The van der Waals surface area contributed by atoms with E-state index >= 15 is 0 Å².